The maximum Gasteiger partial charge on any atom is 0.139 e. The molecule has 0 spiro atoms. The molecule has 0 aliphatic carbocycles. The molecule has 6 rings (SSSR count). The van der Waals surface area contributed by atoms with Gasteiger partial charge in [-0.25, -0.2) is 15.0 Å². The van der Waals surface area contributed by atoms with Crippen LogP contribution < -0.4 is 4.90 Å². The third-order valence-corrected chi connectivity index (χ3v) is 7.19. The first-order valence-corrected chi connectivity index (χ1v) is 12.8. The summed E-state index contributed by atoms with van der Waals surface area (Å²) in [7, 11) is 1.82. The smallest absolute Gasteiger partial charge is 0.139 e. The van der Waals surface area contributed by atoms with Gasteiger partial charge in [0.1, 0.15) is 17.7 Å². The molecule has 1 aliphatic rings. The molecule has 1 fully saturated rings. The van der Waals surface area contributed by atoms with Gasteiger partial charge in [-0.3, -0.25) is 4.40 Å². The molecule has 1 atom stereocenters. The maximum atomic E-state index is 9.25. The molecule has 9 nitrogen and oxygen atoms in total. The second kappa shape index (κ2) is 10.1. The molecule has 1 unspecified atom stereocenters. The molecule has 1 aromatic carbocycles. The molecule has 9 heteroatoms. The first-order valence-electron chi connectivity index (χ1n) is 12.8. The number of nitrogens with zero attached hydrogens (tertiary/aromatic N) is 8. The van der Waals surface area contributed by atoms with Gasteiger partial charge in [0, 0.05) is 56.0 Å². The Morgan fingerprint density at radius 2 is 1.86 bits per heavy atom. The Hall–Kier alpha value is -4.11. The number of benzene rings is 1. The molecule has 1 saturated heterocycles. The van der Waals surface area contributed by atoms with Gasteiger partial charge in [0.15, 0.2) is 0 Å². The summed E-state index contributed by atoms with van der Waals surface area (Å²) in [5.74, 6) is 0.562. The quantitative estimate of drug-likeness (QED) is 0.352. The summed E-state index contributed by atoms with van der Waals surface area (Å²) >= 11 is 0. The van der Waals surface area contributed by atoms with Crippen molar-refractivity contribution in [3.05, 3.63) is 78.6 Å². The Morgan fingerprint density at radius 1 is 0.973 bits per heavy atom. The minimum absolute atomic E-state index is 0.262. The van der Waals surface area contributed by atoms with Gasteiger partial charge >= 0.3 is 0 Å². The number of aliphatic hydroxyl groups is 1. The topological polar surface area (TPSA) is 97.3 Å². The van der Waals surface area contributed by atoms with Crippen molar-refractivity contribution < 1.29 is 5.11 Å². The van der Waals surface area contributed by atoms with Gasteiger partial charge in [-0.15, -0.1) is 0 Å². The third kappa shape index (κ3) is 4.95. The van der Waals surface area contributed by atoms with E-state index in [1.54, 1.807) is 17.3 Å². The molecule has 0 radical (unpaired) electrons. The number of imidazole rings is 1. The van der Waals surface area contributed by atoms with Gasteiger partial charge in [0.2, 0.25) is 0 Å². The highest BCUT2D eigenvalue weighted by Gasteiger charge is 2.22. The van der Waals surface area contributed by atoms with Gasteiger partial charge in [-0.1, -0.05) is 24.3 Å². The van der Waals surface area contributed by atoms with Crippen LogP contribution in [0.4, 0.5) is 5.69 Å². The molecule has 1 aliphatic heterocycles. The highest BCUT2D eigenvalue weighted by Crippen LogP contribution is 2.28. The van der Waals surface area contributed by atoms with E-state index in [9.17, 15) is 5.11 Å². The van der Waals surface area contributed by atoms with Crippen LogP contribution >= 0.6 is 0 Å². The van der Waals surface area contributed by atoms with Gasteiger partial charge in [0.25, 0.3) is 0 Å². The second-order valence-corrected chi connectivity index (χ2v) is 9.68. The van der Waals surface area contributed by atoms with E-state index in [-0.39, 0.29) is 6.61 Å². The Bertz CT molecular complexity index is 1510. The van der Waals surface area contributed by atoms with E-state index < -0.39 is 0 Å². The number of anilines is 1. The molecule has 188 valence electrons. The predicted molar refractivity (Wildman–Crippen MR) is 142 cm³/mol. The van der Waals surface area contributed by atoms with Crippen molar-refractivity contribution in [2.75, 3.05) is 24.6 Å². The van der Waals surface area contributed by atoms with Gasteiger partial charge in [-0.2, -0.15) is 15.0 Å². The van der Waals surface area contributed by atoms with Crippen molar-refractivity contribution in [2.24, 2.45) is 13.0 Å². The minimum Gasteiger partial charge on any atom is -0.396 e. The van der Waals surface area contributed by atoms with E-state index >= 15 is 0 Å². The largest absolute Gasteiger partial charge is 0.396 e. The molecule has 0 amide bonds. The summed E-state index contributed by atoms with van der Waals surface area (Å²) in [6.07, 6.45) is 11.1. The SMILES string of the molecule is Cn1ncc(-c2ccc(CCc3cc(-c4cnc5cc(N6CCC(CCO)C6)ccn45)ncn3)cc2)n1. The average molecular weight is 495 g/mol. The lowest BCUT2D eigenvalue weighted by molar-refractivity contribution is 0.263. The summed E-state index contributed by atoms with van der Waals surface area (Å²) in [6.45, 7) is 2.27. The van der Waals surface area contributed by atoms with Crippen molar-refractivity contribution in [2.45, 2.75) is 25.7 Å². The van der Waals surface area contributed by atoms with Crippen LogP contribution in [0.5, 0.6) is 0 Å². The van der Waals surface area contributed by atoms with E-state index in [2.05, 4.69) is 83.1 Å². The highest BCUT2D eigenvalue weighted by atomic mass is 16.3. The van der Waals surface area contributed by atoms with Crippen molar-refractivity contribution >= 4 is 11.3 Å². The van der Waals surface area contributed by atoms with Crippen LogP contribution in [0, 0.1) is 5.92 Å². The summed E-state index contributed by atoms with van der Waals surface area (Å²) < 4.78 is 2.09. The average Bonchev–Trinajstić information content (AvgIpc) is 3.68. The first kappa shape index (κ1) is 23.3. The summed E-state index contributed by atoms with van der Waals surface area (Å²) in [5, 5.41) is 17.8. The van der Waals surface area contributed by atoms with Crippen LogP contribution in [-0.4, -0.2) is 59.1 Å². The van der Waals surface area contributed by atoms with E-state index in [0.717, 1.165) is 72.8 Å². The van der Waals surface area contributed by atoms with Crippen LogP contribution in [0.15, 0.2) is 67.4 Å². The van der Waals surface area contributed by atoms with Crippen molar-refractivity contribution in [1.82, 2.24) is 34.3 Å². The Labute approximate surface area is 215 Å². The van der Waals surface area contributed by atoms with Crippen molar-refractivity contribution in [1.29, 1.82) is 0 Å². The van der Waals surface area contributed by atoms with Crippen LogP contribution in [0.3, 0.4) is 0 Å². The van der Waals surface area contributed by atoms with E-state index in [4.69, 9.17) is 0 Å². The minimum atomic E-state index is 0.262. The van der Waals surface area contributed by atoms with Crippen molar-refractivity contribution in [3.63, 3.8) is 0 Å². The van der Waals surface area contributed by atoms with E-state index in [1.807, 2.05) is 13.2 Å². The number of hydrogen-bond acceptors (Lipinski definition) is 7. The lowest BCUT2D eigenvalue weighted by atomic mass is 10.0. The highest BCUT2D eigenvalue weighted by molar-refractivity contribution is 5.64. The predicted octanol–water partition coefficient (Wildman–Crippen LogP) is 3.58. The number of aryl methyl sites for hydroxylation is 3. The third-order valence-electron chi connectivity index (χ3n) is 7.19. The maximum absolute atomic E-state index is 9.25. The van der Waals surface area contributed by atoms with E-state index in [0.29, 0.717) is 5.92 Å². The number of rotatable bonds is 8. The Kier molecular flexibility index (Phi) is 6.36. The zero-order chi connectivity index (χ0) is 25.2. The molecule has 0 saturated carbocycles. The number of pyridine rings is 1. The zero-order valence-corrected chi connectivity index (χ0v) is 20.9. The fourth-order valence-corrected chi connectivity index (χ4v) is 5.11. The molecule has 5 heterocycles. The lowest BCUT2D eigenvalue weighted by Crippen LogP contribution is -2.20. The number of aliphatic hydroxyl groups excluding tert-OH is 1. The lowest BCUT2D eigenvalue weighted by Gasteiger charge is -2.18. The van der Waals surface area contributed by atoms with Crippen molar-refractivity contribution in [3.8, 4) is 22.6 Å². The molecular formula is C28H30N8O. The zero-order valence-electron chi connectivity index (χ0n) is 20.9. The monoisotopic (exact) mass is 494 g/mol. The van der Waals surface area contributed by atoms with Gasteiger partial charge < -0.3 is 10.0 Å². The van der Waals surface area contributed by atoms with E-state index in [1.165, 1.54) is 11.3 Å². The molecule has 1 N–H and O–H groups in total. The molecule has 4 aromatic heterocycles. The Balaban J connectivity index is 1.15. The molecule has 5 aromatic rings. The molecular weight excluding hydrogens is 464 g/mol. The summed E-state index contributed by atoms with van der Waals surface area (Å²) in [5.41, 5.74) is 8.10. The normalized spacial score (nSPS) is 15.6. The van der Waals surface area contributed by atoms with Crippen LogP contribution in [0.2, 0.25) is 0 Å². The Morgan fingerprint density at radius 3 is 2.68 bits per heavy atom. The first-order chi connectivity index (χ1) is 18.2. The number of fused-ring (bicyclic) bond motifs is 1. The molecule has 0 bridgehead atoms. The van der Waals surface area contributed by atoms with Gasteiger partial charge in [0.05, 0.1) is 23.8 Å². The van der Waals surface area contributed by atoms with Crippen LogP contribution in [0.25, 0.3) is 28.3 Å². The summed E-state index contributed by atoms with van der Waals surface area (Å²) in [6, 6.07) is 14.8. The standard InChI is InChI=1S/C28H30N8O/c1-34-32-16-26(33-34)22-5-2-20(3-6-22)4-7-23-14-25(31-19-30-23)27-17-29-28-15-24(9-12-36(27)28)35-11-8-21(18-35)10-13-37/h2-3,5-6,9,12,14-17,19,21,37H,4,7-8,10-11,13,18H2,1H3. The van der Waals surface area contributed by atoms with Crippen LogP contribution in [0.1, 0.15) is 24.1 Å². The van der Waals surface area contributed by atoms with Gasteiger partial charge in [-0.05, 0) is 49.3 Å². The second-order valence-electron chi connectivity index (χ2n) is 9.68. The van der Waals surface area contributed by atoms with Crippen LogP contribution in [-0.2, 0) is 19.9 Å². The fraction of sp³-hybridized carbons (Fsp3) is 0.321. The molecule has 37 heavy (non-hydrogen) atoms. The number of aromatic nitrogens is 7. The summed E-state index contributed by atoms with van der Waals surface area (Å²) in [4.78, 5) is 17.7. The number of hydrogen-bond donors (Lipinski definition) is 1. The fourth-order valence-electron chi connectivity index (χ4n) is 5.11.